The van der Waals surface area contributed by atoms with Crippen LogP contribution in [0.4, 0.5) is 0 Å². The Morgan fingerprint density at radius 2 is 2.00 bits per heavy atom. The van der Waals surface area contributed by atoms with E-state index in [2.05, 4.69) is 0 Å². The summed E-state index contributed by atoms with van der Waals surface area (Å²) in [6.45, 7) is 1.57. The average molecular weight is 312 g/mol. The van der Waals surface area contributed by atoms with Crippen molar-refractivity contribution in [1.82, 2.24) is 0 Å². The molecule has 0 aromatic heterocycles. The van der Waals surface area contributed by atoms with E-state index in [1.165, 1.54) is 0 Å². The summed E-state index contributed by atoms with van der Waals surface area (Å²) in [5, 5.41) is 20.0. The van der Waals surface area contributed by atoms with Crippen LogP contribution >= 0.6 is 0 Å². The fraction of sp³-hybridized carbons (Fsp3) is 0.533. The molecule has 1 aliphatic rings. The first-order valence-corrected chi connectivity index (χ1v) is 8.74. The van der Waals surface area contributed by atoms with Crippen LogP contribution in [0, 0.1) is 11.8 Å². The summed E-state index contributed by atoms with van der Waals surface area (Å²) in [5.74, 6) is -2.41. The average Bonchev–Trinajstić information content (AvgIpc) is 2.77. The van der Waals surface area contributed by atoms with Crippen LogP contribution in [0.2, 0.25) is 0 Å². The second-order valence-electron chi connectivity index (χ2n) is 5.95. The van der Waals surface area contributed by atoms with Gasteiger partial charge in [-0.2, -0.15) is 0 Å². The summed E-state index contributed by atoms with van der Waals surface area (Å²) >= 11 is 0. The highest BCUT2D eigenvalue weighted by atomic mass is 32.2. The maximum absolute atomic E-state index is 11.5. The molecule has 1 aromatic rings. The lowest BCUT2D eigenvalue weighted by atomic mass is 9.79. The van der Waals surface area contributed by atoms with Crippen LogP contribution in [0.1, 0.15) is 25.3 Å². The molecule has 2 N–H and O–H groups in total. The molecule has 0 bridgehead atoms. The zero-order chi connectivity index (χ0) is 15.7. The number of rotatable bonds is 5. The van der Waals surface area contributed by atoms with Gasteiger partial charge in [0.05, 0.1) is 23.0 Å². The largest absolute Gasteiger partial charge is 0.481 e. The molecule has 1 aliphatic heterocycles. The van der Waals surface area contributed by atoms with Gasteiger partial charge in [0.25, 0.3) is 0 Å². The van der Waals surface area contributed by atoms with Crippen LogP contribution in [0.3, 0.4) is 0 Å². The Balaban J connectivity index is 2.19. The number of hydrogen-bond donors (Lipinski definition) is 2. The van der Waals surface area contributed by atoms with Crippen molar-refractivity contribution in [2.75, 3.05) is 11.5 Å². The molecule has 3 unspecified atom stereocenters. The minimum atomic E-state index is -3.14. The Bertz CT molecular complexity index is 606. The minimum absolute atomic E-state index is 0.00648. The molecule has 116 valence electrons. The van der Waals surface area contributed by atoms with Gasteiger partial charge >= 0.3 is 5.97 Å². The maximum Gasteiger partial charge on any atom is 0.306 e. The zero-order valence-corrected chi connectivity index (χ0v) is 12.7. The highest BCUT2D eigenvalue weighted by molar-refractivity contribution is 7.91. The zero-order valence-electron chi connectivity index (χ0n) is 11.9. The van der Waals surface area contributed by atoms with E-state index in [0.717, 1.165) is 0 Å². The van der Waals surface area contributed by atoms with E-state index in [4.69, 9.17) is 0 Å². The van der Waals surface area contributed by atoms with E-state index in [0.29, 0.717) is 12.0 Å². The lowest BCUT2D eigenvalue weighted by molar-refractivity contribution is -0.146. The first kappa shape index (κ1) is 16.0. The van der Waals surface area contributed by atoms with Gasteiger partial charge in [-0.3, -0.25) is 4.79 Å². The van der Waals surface area contributed by atoms with Gasteiger partial charge in [0.2, 0.25) is 0 Å². The topological polar surface area (TPSA) is 91.7 Å². The lowest BCUT2D eigenvalue weighted by Gasteiger charge is -2.29. The molecular weight excluding hydrogens is 292 g/mol. The van der Waals surface area contributed by atoms with Gasteiger partial charge in [0, 0.05) is 0 Å². The number of carboxylic acids is 1. The third kappa shape index (κ3) is 3.83. The molecular formula is C15H20O5S. The summed E-state index contributed by atoms with van der Waals surface area (Å²) in [6.07, 6.45) is 0.358. The monoisotopic (exact) mass is 312 g/mol. The Labute approximate surface area is 124 Å². The normalized spacial score (nSPS) is 25.1. The molecule has 0 saturated carbocycles. The second kappa shape index (κ2) is 5.77. The number of aliphatic hydroxyl groups is 1. The molecule has 0 amide bonds. The third-order valence-corrected chi connectivity index (χ3v) is 5.96. The minimum Gasteiger partial charge on any atom is -0.481 e. The van der Waals surface area contributed by atoms with Gasteiger partial charge in [0.15, 0.2) is 9.84 Å². The van der Waals surface area contributed by atoms with Gasteiger partial charge in [0.1, 0.15) is 0 Å². The van der Waals surface area contributed by atoms with Gasteiger partial charge in [-0.25, -0.2) is 8.42 Å². The molecule has 0 radical (unpaired) electrons. The second-order valence-corrected chi connectivity index (χ2v) is 8.18. The molecule has 0 spiro atoms. The van der Waals surface area contributed by atoms with Crippen LogP contribution in [0.25, 0.3) is 0 Å². The van der Waals surface area contributed by atoms with Crippen molar-refractivity contribution in [1.29, 1.82) is 0 Å². The fourth-order valence-corrected chi connectivity index (χ4v) is 4.82. The fourth-order valence-electron chi connectivity index (χ4n) is 2.94. The lowest BCUT2D eigenvalue weighted by Crippen LogP contribution is -2.33. The molecule has 3 atom stereocenters. The Hall–Kier alpha value is -1.40. The van der Waals surface area contributed by atoms with Gasteiger partial charge in [-0.15, -0.1) is 0 Å². The van der Waals surface area contributed by atoms with E-state index in [1.54, 1.807) is 31.2 Å². The number of carbonyl (C=O) groups is 1. The predicted molar refractivity (Wildman–Crippen MR) is 78.5 cm³/mol. The number of aliphatic carboxylic acids is 1. The third-order valence-electron chi connectivity index (χ3n) is 4.17. The molecule has 21 heavy (non-hydrogen) atoms. The van der Waals surface area contributed by atoms with Crippen molar-refractivity contribution in [3.63, 3.8) is 0 Å². The Kier molecular flexibility index (Phi) is 4.39. The summed E-state index contributed by atoms with van der Waals surface area (Å²) in [4.78, 5) is 11.5. The maximum atomic E-state index is 11.5. The Morgan fingerprint density at radius 1 is 1.38 bits per heavy atom. The van der Waals surface area contributed by atoms with Crippen molar-refractivity contribution in [3.05, 3.63) is 35.9 Å². The van der Waals surface area contributed by atoms with E-state index in [-0.39, 0.29) is 17.9 Å². The quantitative estimate of drug-likeness (QED) is 0.858. The van der Waals surface area contributed by atoms with Crippen molar-refractivity contribution >= 4 is 15.8 Å². The molecule has 1 aromatic carbocycles. The molecule has 5 nitrogen and oxygen atoms in total. The number of carboxylic acid groups (broad SMARTS) is 1. The van der Waals surface area contributed by atoms with Crippen LogP contribution in [0.15, 0.2) is 30.3 Å². The highest BCUT2D eigenvalue weighted by Gasteiger charge is 2.41. The van der Waals surface area contributed by atoms with E-state index in [1.807, 2.05) is 6.07 Å². The Morgan fingerprint density at radius 3 is 2.48 bits per heavy atom. The summed E-state index contributed by atoms with van der Waals surface area (Å²) < 4.78 is 23.1. The number of sulfone groups is 1. The van der Waals surface area contributed by atoms with Crippen LogP contribution in [-0.2, 0) is 20.2 Å². The summed E-state index contributed by atoms with van der Waals surface area (Å²) in [6, 6.07) is 8.85. The molecule has 1 fully saturated rings. The molecule has 6 heteroatoms. The van der Waals surface area contributed by atoms with Crippen LogP contribution in [0.5, 0.6) is 0 Å². The van der Waals surface area contributed by atoms with Crippen molar-refractivity contribution in [2.45, 2.75) is 25.4 Å². The smallest absolute Gasteiger partial charge is 0.306 e. The van der Waals surface area contributed by atoms with Crippen molar-refractivity contribution in [3.8, 4) is 0 Å². The van der Waals surface area contributed by atoms with E-state index in [9.17, 15) is 23.4 Å². The molecule has 0 aliphatic carbocycles. The van der Waals surface area contributed by atoms with Crippen molar-refractivity contribution in [2.24, 2.45) is 11.8 Å². The molecule has 1 heterocycles. The first-order chi connectivity index (χ1) is 9.71. The van der Waals surface area contributed by atoms with Gasteiger partial charge in [-0.05, 0) is 31.2 Å². The standard InChI is InChI=1S/C15H20O5S/c1-15(18,12-5-3-2-4-6-12)9-13(14(16)17)11-7-8-21(19,20)10-11/h2-6,11,13,18H,7-10H2,1H3,(H,16,17). The van der Waals surface area contributed by atoms with Gasteiger partial charge < -0.3 is 10.2 Å². The van der Waals surface area contributed by atoms with Crippen LogP contribution < -0.4 is 0 Å². The SMILES string of the molecule is CC(O)(CC(C(=O)O)C1CCS(=O)(=O)C1)c1ccccc1. The highest BCUT2D eigenvalue weighted by Crippen LogP contribution is 2.35. The molecule has 2 rings (SSSR count). The first-order valence-electron chi connectivity index (χ1n) is 6.92. The van der Waals surface area contributed by atoms with Gasteiger partial charge in [-0.1, -0.05) is 30.3 Å². The van der Waals surface area contributed by atoms with Crippen molar-refractivity contribution < 1.29 is 23.4 Å². The number of benzene rings is 1. The summed E-state index contributed by atoms with van der Waals surface area (Å²) in [5.41, 5.74) is -0.659. The van der Waals surface area contributed by atoms with E-state index < -0.39 is 33.2 Å². The van der Waals surface area contributed by atoms with Crippen LogP contribution in [-0.4, -0.2) is 36.1 Å². The predicted octanol–water partition coefficient (Wildman–Crippen LogP) is 1.42. The van der Waals surface area contributed by atoms with E-state index >= 15 is 0 Å². The number of hydrogen-bond acceptors (Lipinski definition) is 4. The molecule has 1 saturated heterocycles. The summed E-state index contributed by atoms with van der Waals surface area (Å²) in [7, 11) is -3.14.